The lowest BCUT2D eigenvalue weighted by Gasteiger charge is -2.26. The Labute approximate surface area is 119 Å². The summed E-state index contributed by atoms with van der Waals surface area (Å²) in [6.45, 7) is 6.33. The summed E-state index contributed by atoms with van der Waals surface area (Å²) in [5.74, 6) is 2.53. The zero-order valence-corrected chi connectivity index (χ0v) is 12.4. The SMILES string of the molecule is Cc1ccccc1C(C)NC(=O)CSCC1CNC1. The van der Waals surface area contributed by atoms with Crippen molar-refractivity contribution in [1.82, 2.24) is 10.6 Å². The van der Waals surface area contributed by atoms with Gasteiger partial charge >= 0.3 is 0 Å². The van der Waals surface area contributed by atoms with Gasteiger partial charge in [0.1, 0.15) is 0 Å². The predicted octanol–water partition coefficient (Wildman–Crippen LogP) is 2.12. The van der Waals surface area contributed by atoms with Crippen LogP contribution < -0.4 is 10.6 Å². The Bertz CT molecular complexity index is 432. The van der Waals surface area contributed by atoms with Crippen LogP contribution in [-0.2, 0) is 4.79 Å². The van der Waals surface area contributed by atoms with Gasteiger partial charge < -0.3 is 10.6 Å². The summed E-state index contributed by atoms with van der Waals surface area (Å²) in [5, 5.41) is 6.32. The predicted molar refractivity (Wildman–Crippen MR) is 81.4 cm³/mol. The summed E-state index contributed by atoms with van der Waals surface area (Å²) < 4.78 is 0. The van der Waals surface area contributed by atoms with Gasteiger partial charge in [0.25, 0.3) is 0 Å². The van der Waals surface area contributed by atoms with Crippen molar-refractivity contribution in [1.29, 1.82) is 0 Å². The molecule has 0 aromatic heterocycles. The number of carbonyl (C=O) groups excluding carboxylic acids is 1. The van der Waals surface area contributed by atoms with E-state index in [4.69, 9.17) is 0 Å². The molecule has 0 bridgehead atoms. The van der Waals surface area contributed by atoms with Crippen LogP contribution in [0.15, 0.2) is 24.3 Å². The normalized spacial score (nSPS) is 16.7. The van der Waals surface area contributed by atoms with Crippen molar-refractivity contribution in [3.8, 4) is 0 Å². The largest absolute Gasteiger partial charge is 0.349 e. The van der Waals surface area contributed by atoms with E-state index in [1.807, 2.05) is 19.1 Å². The van der Waals surface area contributed by atoms with Gasteiger partial charge in [0.2, 0.25) is 5.91 Å². The Kier molecular flexibility index (Phi) is 5.28. The van der Waals surface area contributed by atoms with Crippen molar-refractivity contribution in [3.63, 3.8) is 0 Å². The van der Waals surface area contributed by atoms with E-state index in [2.05, 4.69) is 29.7 Å². The van der Waals surface area contributed by atoms with Gasteiger partial charge in [0, 0.05) is 0 Å². The Hall–Kier alpha value is -1.000. The first-order valence-electron chi connectivity index (χ1n) is 6.80. The molecule has 3 nitrogen and oxygen atoms in total. The molecule has 1 aliphatic heterocycles. The lowest BCUT2D eigenvalue weighted by molar-refractivity contribution is -0.119. The second-order valence-corrected chi connectivity index (χ2v) is 6.22. The number of benzene rings is 1. The third-order valence-electron chi connectivity index (χ3n) is 3.49. The molecule has 0 radical (unpaired) electrons. The molecule has 1 aromatic rings. The van der Waals surface area contributed by atoms with Crippen LogP contribution in [0.2, 0.25) is 0 Å². The molecule has 1 saturated heterocycles. The van der Waals surface area contributed by atoms with Gasteiger partial charge in [-0.1, -0.05) is 24.3 Å². The van der Waals surface area contributed by atoms with E-state index < -0.39 is 0 Å². The molecular weight excluding hydrogens is 256 g/mol. The highest BCUT2D eigenvalue weighted by Gasteiger charge is 2.17. The Morgan fingerprint density at radius 2 is 2.21 bits per heavy atom. The molecular formula is C15H22N2OS. The van der Waals surface area contributed by atoms with E-state index in [9.17, 15) is 4.79 Å². The van der Waals surface area contributed by atoms with Crippen molar-refractivity contribution in [2.75, 3.05) is 24.6 Å². The molecule has 2 rings (SSSR count). The van der Waals surface area contributed by atoms with E-state index in [1.54, 1.807) is 11.8 Å². The summed E-state index contributed by atoms with van der Waals surface area (Å²) in [5.41, 5.74) is 2.42. The van der Waals surface area contributed by atoms with Crippen LogP contribution in [0, 0.1) is 12.8 Å². The highest BCUT2D eigenvalue weighted by molar-refractivity contribution is 7.99. The molecule has 1 atom stereocenters. The van der Waals surface area contributed by atoms with Crippen LogP contribution in [0.1, 0.15) is 24.1 Å². The van der Waals surface area contributed by atoms with Crippen LogP contribution in [0.25, 0.3) is 0 Å². The summed E-state index contributed by atoms with van der Waals surface area (Å²) in [6.07, 6.45) is 0. The van der Waals surface area contributed by atoms with E-state index >= 15 is 0 Å². The zero-order chi connectivity index (χ0) is 13.7. The van der Waals surface area contributed by atoms with Crippen LogP contribution in [0.5, 0.6) is 0 Å². The fourth-order valence-electron chi connectivity index (χ4n) is 2.22. The molecule has 1 unspecified atom stereocenters. The number of aryl methyl sites for hydroxylation is 1. The first-order chi connectivity index (χ1) is 9.16. The number of rotatable bonds is 6. The summed E-state index contributed by atoms with van der Waals surface area (Å²) in [7, 11) is 0. The Morgan fingerprint density at radius 3 is 2.84 bits per heavy atom. The Balaban J connectivity index is 1.73. The molecule has 0 spiro atoms. The number of thioether (sulfide) groups is 1. The summed E-state index contributed by atoms with van der Waals surface area (Å²) >= 11 is 1.73. The minimum atomic E-state index is 0.0830. The maximum Gasteiger partial charge on any atom is 0.230 e. The molecule has 1 heterocycles. The third kappa shape index (κ3) is 4.25. The van der Waals surface area contributed by atoms with Gasteiger partial charge in [-0.2, -0.15) is 11.8 Å². The fraction of sp³-hybridized carbons (Fsp3) is 0.533. The minimum Gasteiger partial charge on any atom is -0.349 e. The van der Waals surface area contributed by atoms with E-state index in [-0.39, 0.29) is 11.9 Å². The Morgan fingerprint density at radius 1 is 1.47 bits per heavy atom. The first-order valence-corrected chi connectivity index (χ1v) is 7.95. The molecule has 1 amide bonds. The average molecular weight is 278 g/mol. The van der Waals surface area contributed by atoms with Gasteiger partial charge in [-0.05, 0) is 49.7 Å². The topological polar surface area (TPSA) is 41.1 Å². The molecule has 4 heteroatoms. The fourth-order valence-corrected chi connectivity index (χ4v) is 3.17. The minimum absolute atomic E-state index is 0.0830. The van der Waals surface area contributed by atoms with Gasteiger partial charge in [-0.25, -0.2) is 0 Å². The van der Waals surface area contributed by atoms with E-state index in [1.165, 1.54) is 11.1 Å². The van der Waals surface area contributed by atoms with E-state index in [0.29, 0.717) is 5.75 Å². The van der Waals surface area contributed by atoms with Crippen molar-refractivity contribution in [2.45, 2.75) is 19.9 Å². The van der Waals surface area contributed by atoms with Crippen molar-refractivity contribution in [3.05, 3.63) is 35.4 Å². The molecule has 104 valence electrons. The van der Waals surface area contributed by atoms with Gasteiger partial charge in [0.05, 0.1) is 11.8 Å². The monoisotopic (exact) mass is 278 g/mol. The summed E-state index contributed by atoms with van der Waals surface area (Å²) in [6, 6.07) is 8.28. The molecule has 1 fully saturated rings. The quantitative estimate of drug-likeness (QED) is 0.837. The van der Waals surface area contributed by atoms with Crippen LogP contribution in [0.4, 0.5) is 0 Å². The highest BCUT2D eigenvalue weighted by atomic mass is 32.2. The third-order valence-corrected chi connectivity index (χ3v) is 4.66. The number of nitrogens with one attached hydrogen (secondary N) is 2. The lowest BCUT2D eigenvalue weighted by Crippen LogP contribution is -2.43. The van der Waals surface area contributed by atoms with Gasteiger partial charge in [0.15, 0.2) is 0 Å². The van der Waals surface area contributed by atoms with Crippen molar-refractivity contribution in [2.24, 2.45) is 5.92 Å². The zero-order valence-electron chi connectivity index (χ0n) is 11.6. The number of carbonyl (C=O) groups is 1. The average Bonchev–Trinajstić information content (AvgIpc) is 2.32. The highest BCUT2D eigenvalue weighted by Crippen LogP contribution is 2.17. The van der Waals surface area contributed by atoms with Crippen molar-refractivity contribution < 1.29 is 4.79 Å². The first kappa shape index (κ1) is 14.4. The number of amides is 1. The lowest BCUT2D eigenvalue weighted by atomic mass is 10.0. The molecule has 19 heavy (non-hydrogen) atoms. The molecule has 1 aliphatic rings. The van der Waals surface area contributed by atoms with E-state index in [0.717, 1.165) is 24.8 Å². The van der Waals surface area contributed by atoms with Gasteiger partial charge in [-0.3, -0.25) is 4.79 Å². The number of hydrogen-bond acceptors (Lipinski definition) is 3. The summed E-state index contributed by atoms with van der Waals surface area (Å²) in [4.78, 5) is 11.9. The maximum absolute atomic E-state index is 11.9. The second kappa shape index (κ2) is 6.96. The molecule has 2 N–H and O–H groups in total. The smallest absolute Gasteiger partial charge is 0.230 e. The molecule has 0 saturated carbocycles. The van der Waals surface area contributed by atoms with Crippen LogP contribution in [0.3, 0.4) is 0 Å². The standard InChI is InChI=1S/C15H22N2OS/c1-11-5-3-4-6-14(11)12(2)17-15(18)10-19-9-13-7-16-8-13/h3-6,12-13,16H,7-10H2,1-2H3,(H,17,18). The van der Waals surface area contributed by atoms with Crippen molar-refractivity contribution >= 4 is 17.7 Å². The second-order valence-electron chi connectivity index (χ2n) is 5.19. The molecule has 0 aliphatic carbocycles. The van der Waals surface area contributed by atoms with Crippen LogP contribution in [-0.4, -0.2) is 30.5 Å². The number of hydrogen-bond donors (Lipinski definition) is 2. The van der Waals surface area contributed by atoms with Gasteiger partial charge in [-0.15, -0.1) is 0 Å². The maximum atomic E-state index is 11.9. The van der Waals surface area contributed by atoms with Crippen LogP contribution >= 0.6 is 11.8 Å². The molecule has 1 aromatic carbocycles.